The molecule has 1 radical (unpaired) electrons. The van der Waals surface area contributed by atoms with Crippen molar-refractivity contribution in [1.82, 2.24) is 4.98 Å². The van der Waals surface area contributed by atoms with E-state index in [0.29, 0.717) is 33.0 Å². The summed E-state index contributed by atoms with van der Waals surface area (Å²) in [5.41, 5.74) is 0.901. The number of carbonyl (C=O) groups is 1. The van der Waals surface area contributed by atoms with Crippen molar-refractivity contribution >= 4 is 38.1 Å². The van der Waals surface area contributed by atoms with Gasteiger partial charge in [-0.3, -0.25) is 9.78 Å². The van der Waals surface area contributed by atoms with Gasteiger partial charge in [0, 0.05) is 54.3 Å². The molecule has 7 heteroatoms. The topological polar surface area (TPSA) is 50.2 Å². The first-order valence-corrected chi connectivity index (χ1v) is 14.9. The molecule has 0 aliphatic carbocycles. The minimum atomic E-state index is -2.61. The molecule has 3 nitrogen and oxygen atoms in total. The number of hydrogen-bond acceptors (Lipinski definition) is 3. The first kappa shape index (κ1) is 35.9. The molecule has 0 atom stereocenters. The zero-order chi connectivity index (χ0) is 32.4. The number of halogens is 3. The average Bonchev–Trinajstić information content (AvgIpc) is 3.01. The maximum Gasteiger partial charge on any atom is 0.251 e. The fraction of sp³-hybridized carbons (Fsp3) is 0.316. The van der Waals surface area contributed by atoms with Crippen LogP contribution in [0.1, 0.15) is 71.9 Å². The Morgan fingerprint density at radius 1 is 0.889 bits per heavy atom. The van der Waals surface area contributed by atoms with Gasteiger partial charge in [-0.2, -0.15) is 0 Å². The van der Waals surface area contributed by atoms with Gasteiger partial charge in [-0.25, -0.2) is 13.2 Å². The molecule has 1 N–H and O–H groups in total. The molecule has 4 aromatic carbocycles. The van der Waals surface area contributed by atoms with E-state index in [1.165, 1.54) is 12.1 Å². The zero-order valence-corrected chi connectivity index (χ0v) is 29.1. The normalized spacial score (nSPS) is 12.3. The van der Waals surface area contributed by atoms with Crippen LogP contribution >= 0.6 is 0 Å². The van der Waals surface area contributed by atoms with E-state index in [1.54, 1.807) is 55.6 Å². The maximum atomic E-state index is 14.6. The third-order valence-corrected chi connectivity index (χ3v) is 8.76. The molecule has 5 aromatic rings. The third kappa shape index (κ3) is 7.48. The summed E-state index contributed by atoms with van der Waals surface area (Å²) in [6.07, 6.45) is 2.01. The van der Waals surface area contributed by atoms with Crippen LogP contribution in [0.3, 0.4) is 0 Å². The van der Waals surface area contributed by atoms with Crippen molar-refractivity contribution in [3.05, 3.63) is 102 Å². The number of hydrogen-bond donors (Lipinski definition) is 1. The van der Waals surface area contributed by atoms with E-state index in [4.69, 9.17) is 0 Å². The number of allylic oxidation sites excluding steroid dienone is 2. The Bertz CT molecular complexity index is 1880. The molecular formula is C38H39F3IrNO2-. The van der Waals surface area contributed by atoms with Gasteiger partial charge in [0.05, 0.1) is 0 Å². The van der Waals surface area contributed by atoms with Gasteiger partial charge in [-0.1, -0.05) is 95.0 Å². The summed E-state index contributed by atoms with van der Waals surface area (Å²) >= 11 is 0. The number of fused-ring (bicyclic) bond motifs is 4. The monoisotopic (exact) mass is 791 g/mol. The number of pyridine rings is 1. The molecule has 1 aromatic heterocycles. The number of aryl methyl sites for hydroxylation is 1. The van der Waals surface area contributed by atoms with Crippen LogP contribution in [0, 0.1) is 29.6 Å². The number of carbonyl (C=O) groups excluding carboxylic acids is 1. The standard InChI is InChI=1S/C25H15F3N.C13H24O2.Ir/c1-14-6-7-18-19-10-11-29-24(21(19)9-8-20(18)23(14)26)16-12-15-4-2-3-5-17(15)22(13-16)25(27)28;1-7-12(3,4)10(14)9-11(15)13(5,6)8-2;/h2-11,13,25H,1H3;9,14H,7-8H2,1-6H3;/q-1;;/b;10-9-;. The Balaban J connectivity index is 0.000000297. The van der Waals surface area contributed by atoms with Crippen LogP contribution < -0.4 is 0 Å². The minimum absolute atomic E-state index is 0. The molecule has 5 rings (SSSR count). The zero-order valence-electron chi connectivity index (χ0n) is 26.7. The van der Waals surface area contributed by atoms with Crippen LogP contribution in [0.5, 0.6) is 0 Å². The van der Waals surface area contributed by atoms with Gasteiger partial charge in [-0.15, -0.1) is 23.6 Å². The van der Waals surface area contributed by atoms with Crippen molar-refractivity contribution in [3.8, 4) is 11.3 Å². The quantitative estimate of drug-likeness (QED) is 0.0773. The first-order valence-electron chi connectivity index (χ1n) is 14.9. The number of rotatable bonds is 7. The van der Waals surface area contributed by atoms with E-state index < -0.39 is 6.43 Å². The van der Waals surface area contributed by atoms with Gasteiger partial charge < -0.3 is 5.11 Å². The molecule has 0 saturated heterocycles. The summed E-state index contributed by atoms with van der Waals surface area (Å²) < 4.78 is 42.0. The van der Waals surface area contributed by atoms with Crippen LogP contribution in [0.2, 0.25) is 0 Å². The molecule has 0 saturated carbocycles. The molecule has 0 aliphatic heterocycles. The Hall–Kier alpha value is -3.54. The van der Waals surface area contributed by atoms with E-state index >= 15 is 0 Å². The molecule has 0 spiro atoms. The van der Waals surface area contributed by atoms with Crippen molar-refractivity contribution in [2.45, 2.75) is 67.7 Å². The van der Waals surface area contributed by atoms with Crippen LogP contribution in [-0.4, -0.2) is 15.9 Å². The number of aliphatic hydroxyl groups is 1. The molecular weight excluding hydrogens is 752 g/mol. The fourth-order valence-corrected chi connectivity index (χ4v) is 4.79. The van der Waals surface area contributed by atoms with E-state index in [0.717, 1.165) is 29.0 Å². The van der Waals surface area contributed by atoms with Gasteiger partial charge >= 0.3 is 0 Å². The molecule has 0 aliphatic rings. The van der Waals surface area contributed by atoms with Gasteiger partial charge in [0.25, 0.3) is 6.43 Å². The summed E-state index contributed by atoms with van der Waals surface area (Å²) in [5.74, 6) is -0.0550. The summed E-state index contributed by atoms with van der Waals surface area (Å²) in [4.78, 5) is 16.3. The van der Waals surface area contributed by atoms with Crippen LogP contribution in [0.4, 0.5) is 13.2 Å². The van der Waals surface area contributed by atoms with Gasteiger partial charge in [0.2, 0.25) is 0 Å². The van der Waals surface area contributed by atoms with E-state index in [-0.39, 0.29) is 53.9 Å². The molecule has 1 heterocycles. The van der Waals surface area contributed by atoms with Gasteiger partial charge in [-0.05, 0) is 53.1 Å². The summed E-state index contributed by atoms with van der Waals surface area (Å²) in [7, 11) is 0. The molecule has 0 fully saturated rings. The third-order valence-electron chi connectivity index (χ3n) is 8.76. The summed E-state index contributed by atoms with van der Waals surface area (Å²) in [5, 5.41) is 13.8. The molecule has 0 amide bonds. The Morgan fingerprint density at radius 3 is 2.13 bits per heavy atom. The predicted molar refractivity (Wildman–Crippen MR) is 175 cm³/mol. The second-order valence-electron chi connectivity index (χ2n) is 12.5. The Kier molecular flexibility index (Phi) is 11.4. The van der Waals surface area contributed by atoms with Crippen molar-refractivity contribution < 1.29 is 43.2 Å². The van der Waals surface area contributed by atoms with Crippen molar-refractivity contribution in [2.75, 3.05) is 0 Å². The number of nitrogens with zero attached hydrogens (tertiary/aromatic N) is 1. The molecule has 45 heavy (non-hydrogen) atoms. The average molecular weight is 791 g/mol. The Labute approximate surface area is 276 Å². The van der Waals surface area contributed by atoms with E-state index in [2.05, 4.69) is 11.1 Å². The van der Waals surface area contributed by atoms with Crippen LogP contribution in [0.25, 0.3) is 43.6 Å². The molecule has 0 bridgehead atoms. The summed E-state index contributed by atoms with van der Waals surface area (Å²) in [6.45, 7) is 13.4. The molecule has 239 valence electrons. The van der Waals surface area contributed by atoms with Gasteiger partial charge in [0.1, 0.15) is 11.6 Å². The second kappa shape index (κ2) is 14.3. The largest absolute Gasteiger partial charge is 0.512 e. The number of alkyl halides is 2. The van der Waals surface area contributed by atoms with E-state index in [1.807, 2.05) is 53.7 Å². The van der Waals surface area contributed by atoms with Crippen LogP contribution in [0.15, 0.2) is 78.7 Å². The fourth-order valence-electron chi connectivity index (χ4n) is 4.79. The molecule has 0 unspecified atom stereocenters. The first-order chi connectivity index (χ1) is 20.7. The Morgan fingerprint density at radius 2 is 1.49 bits per heavy atom. The van der Waals surface area contributed by atoms with Gasteiger partial charge in [0.15, 0.2) is 5.78 Å². The van der Waals surface area contributed by atoms with Crippen molar-refractivity contribution in [3.63, 3.8) is 0 Å². The van der Waals surface area contributed by atoms with Crippen molar-refractivity contribution in [1.29, 1.82) is 0 Å². The number of aromatic nitrogens is 1. The van der Waals surface area contributed by atoms with E-state index in [9.17, 15) is 23.1 Å². The maximum absolute atomic E-state index is 14.6. The predicted octanol–water partition coefficient (Wildman–Crippen LogP) is 11.3. The SMILES string of the molecule is CCC(C)(C)C(=O)/C=C(\O)C(C)(C)CC.Cc1ccc2c(ccc3c(-c4[c-]c5ccccc5c(C(F)F)c4)nccc32)c1F.[Ir]. The second-order valence-corrected chi connectivity index (χ2v) is 12.5. The van der Waals surface area contributed by atoms with Crippen molar-refractivity contribution in [2.24, 2.45) is 10.8 Å². The number of aliphatic hydroxyl groups excluding tert-OH is 1. The van der Waals surface area contributed by atoms with Crippen LogP contribution in [-0.2, 0) is 24.9 Å². The number of benzene rings is 4. The number of ketones is 1. The minimum Gasteiger partial charge on any atom is -0.512 e. The summed E-state index contributed by atoms with van der Waals surface area (Å²) in [6, 6.07) is 20.6. The smallest absolute Gasteiger partial charge is 0.251 e.